The molecule has 1 unspecified atom stereocenters. The summed E-state index contributed by atoms with van der Waals surface area (Å²) in [5, 5.41) is 3.00. The molecular weight excluding hydrogens is 353 g/mol. The highest BCUT2D eigenvalue weighted by Gasteiger charge is 2.16. The fourth-order valence-electron chi connectivity index (χ4n) is 2.87. The summed E-state index contributed by atoms with van der Waals surface area (Å²) in [5.41, 5.74) is 3.11. The van der Waals surface area contributed by atoms with Crippen LogP contribution >= 0.6 is 0 Å². The van der Waals surface area contributed by atoms with Gasteiger partial charge >= 0.3 is 0 Å². The first kappa shape index (κ1) is 19.4. The molecule has 3 rings (SSSR count). The van der Waals surface area contributed by atoms with E-state index in [9.17, 15) is 9.18 Å². The van der Waals surface area contributed by atoms with E-state index in [1.165, 1.54) is 12.1 Å². The van der Waals surface area contributed by atoms with Crippen molar-refractivity contribution in [1.82, 2.24) is 5.32 Å². The molecule has 28 heavy (non-hydrogen) atoms. The third-order valence-electron chi connectivity index (χ3n) is 4.47. The minimum Gasteiger partial charge on any atom is -0.497 e. The third-order valence-corrected chi connectivity index (χ3v) is 4.47. The molecule has 3 aromatic carbocycles. The summed E-state index contributed by atoms with van der Waals surface area (Å²) in [7, 11) is 1.62. The Morgan fingerprint density at radius 2 is 1.61 bits per heavy atom. The van der Waals surface area contributed by atoms with E-state index in [1.54, 1.807) is 19.2 Å². The van der Waals surface area contributed by atoms with E-state index < -0.39 is 0 Å². The standard InChI is InChI=1S/C24H22FNO2/c1-17(19-10-12-21(25)13-11-19)26-24(27)23(20-6-4-3-5-7-20)16-18-8-14-22(28-2)15-9-18/h3-17H,1-2H3,(H,26,27)/b23-16+. The molecule has 0 aromatic heterocycles. The molecule has 0 aliphatic rings. The molecule has 0 aliphatic carbocycles. The molecule has 0 radical (unpaired) electrons. The van der Waals surface area contributed by atoms with Crippen LogP contribution in [0.15, 0.2) is 78.9 Å². The van der Waals surface area contributed by atoms with Gasteiger partial charge in [-0.3, -0.25) is 4.79 Å². The zero-order valence-corrected chi connectivity index (χ0v) is 15.9. The van der Waals surface area contributed by atoms with E-state index in [0.29, 0.717) is 5.57 Å². The van der Waals surface area contributed by atoms with Crippen molar-refractivity contribution in [3.8, 4) is 5.75 Å². The summed E-state index contributed by atoms with van der Waals surface area (Å²) < 4.78 is 18.3. The van der Waals surface area contributed by atoms with Crippen molar-refractivity contribution >= 4 is 17.6 Å². The Balaban J connectivity index is 1.88. The maximum atomic E-state index is 13.2. The summed E-state index contributed by atoms with van der Waals surface area (Å²) in [5.74, 6) is 0.262. The Morgan fingerprint density at radius 1 is 0.964 bits per heavy atom. The minimum atomic E-state index is -0.299. The van der Waals surface area contributed by atoms with E-state index in [-0.39, 0.29) is 17.8 Å². The van der Waals surface area contributed by atoms with Crippen LogP contribution in [0.25, 0.3) is 11.6 Å². The van der Waals surface area contributed by atoms with Crippen molar-refractivity contribution in [2.75, 3.05) is 7.11 Å². The van der Waals surface area contributed by atoms with Gasteiger partial charge in [-0.2, -0.15) is 0 Å². The Kier molecular flexibility index (Phi) is 6.22. The number of methoxy groups -OCH3 is 1. The Hall–Kier alpha value is -3.40. The summed E-state index contributed by atoms with van der Waals surface area (Å²) in [6.45, 7) is 1.88. The molecule has 1 amide bonds. The van der Waals surface area contributed by atoms with Crippen LogP contribution in [0.4, 0.5) is 4.39 Å². The molecule has 0 bridgehead atoms. The van der Waals surface area contributed by atoms with Gasteiger partial charge in [-0.15, -0.1) is 0 Å². The smallest absolute Gasteiger partial charge is 0.252 e. The molecular formula is C24H22FNO2. The van der Waals surface area contributed by atoms with Crippen molar-refractivity contribution in [1.29, 1.82) is 0 Å². The third kappa shape index (κ3) is 4.86. The molecule has 0 aliphatic heterocycles. The summed E-state index contributed by atoms with van der Waals surface area (Å²) >= 11 is 0. The topological polar surface area (TPSA) is 38.3 Å². The van der Waals surface area contributed by atoms with Gasteiger partial charge in [0.15, 0.2) is 0 Å². The zero-order chi connectivity index (χ0) is 19.9. The number of carbonyl (C=O) groups is 1. The van der Waals surface area contributed by atoms with Gasteiger partial charge in [0.2, 0.25) is 0 Å². The highest BCUT2D eigenvalue weighted by Crippen LogP contribution is 2.22. The average Bonchev–Trinajstić information content (AvgIpc) is 2.73. The summed E-state index contributed by atoms with van der Waals surface area (Å²) in [4.78, 5) is 13.0. The maximum absolute atomic E-state index is 13.2. The predicted octanol–water partition coefficient (Wildman–Crippen LogP) is 5.25. The Labute approximate surface area is 164 Å². The number of amides is 1. The molecule has 3 aromatic rings. The highest BCUT2D eigenvalue weighted by atomic mass is 19.1. The van der Waals surface area contributed by atoms with Crippen LogP contribution in [-0.4, -0.2) is 13.0 Å². The van der Waals surface area contributed by atoms with Crippen molar-refractivity contribution in [3.63, 3.8) is 0 Å². The fourth-order valence-corrected chi connectivity index (χ4v) is 2.87. The first-order chi connectivity index (χ1) is 13.6. The van der Waals surface area contributed by atoms with Crippen molar-refractivity contribution in [3.05, 3.63) is 101 Å². The number of hydrogen-bond donors (Lipinski definition) is 1. The number of ether oxygens (including phenoxy) is 1. The molecule has 4 heteroatoms. The Bertz CT molecular complexity index is 948. The first-order valence-corrected chi connectivity index (χ1v) is 9.04. The molecule has 0 heterocycles. The molecule has 142 valence electrons. The van der Waals surface area contributed by atoms with Gasteiger partial charge in [-0.1, -0.05) is 54.6 Å². The van der Waals surface area contributed by atoms with Gasteiger partial charge in [0.25, 0.3) is 5.91 Å². The van der Waals surface area contributed by atoms with Crippen LogP contribution < -0.4 is 10.1 Å². The van der Waals surface area contributed by atoms with Gasteiger partial charge < -0.3 is 10.1 Å². The number of nitrogens with one attached hydrogen (secondary N) is 1. The quantitative estimate of drug-likeness (QED) is 0.472. The monoisotopic (exact) mass is 375 g/mol. The number of halogens is 1. The average molecular weight is 375 g/mol. The van der Waals surface area contributed by atoms with Gasteiger partial charge in [-0.25, -0.2) is 4.39 Å². The van der Waals surface area contributed by atoms with Crippen molar-refractivity contribution < 1.29 is 13.9 Å². The lowest BCUT2D eigenvalue weighted by Crippen LogP contribution is -2.27. The normalized spacial score (nSPS) is 12.3. The van der Waals surface area contributed by atoms with Crippen LogP contribution in [0.5, 0.6) is 5.75 Å². The van der Waals surface area contributed by atoms with Crippen LogP contribution in [0.1, 0.15) is 29.7 Å². The van der Waals surface area contributed by atoms with E-state index in [0.717, 1.165) is 22.4 Å². The van der Waals surface area contributed by atoms with E-state index in [1.807, 2.05) is 67.6 Å². The molecule has 1 atom stereocenters. The Morgan fingerprint density at radius 3 is 2.21 bits per heavy atom. The lowest BCUT2D eigenvalue weighted by atomic mass is 10.0. The van der Waals surface area contributed by atoms with Crippen molar-refractivity contribution in [2.45, 2.75) is 13.0 Å². The molecule has 0 fully saturated rings. The minimum absolute atomic E-state index is 0.196. The van der Waals surface area contributed by atoms with Gasteiger partial charge in [0, 0.05) is 5.57 Å². The van der Waals surface area contributed by atoms with Gasteiger partial charge in [0.1, 0.15) is 11.6 Å². The predicted molar refractivity (Wildman–Crippen MR) is 110 cm³/mol. The van der Waals surface area contributed by atoms with Crippen LogP contribution in [0.3, 0.4) is 0 Å². The second-order valence-electron chi connectivity index (χ2n) is 6.44. The van der Waals surface area contributed by atoms with Crippen LogP contribution in [-0.2, 0) is 4.79 Å². The second-order valence-corrected chi connectivity index (χ2v) is 6.44. The molecule has 0 saturated carbocycles. The fraction of sp³-hybridized carbons (Fsp3) is 0.125. The maximum Gasteiger partial charge on any atom is 0.252 e. The number of rotatable bonds is 6. The van der Waals surface area contributed by atoms with E-state index in [4.69, 9.17) is 4.74 Å². The van der Waals surface area contributed by atoms with Crippen molar-refractivity contribution in [2.24, 2.45) is 0 Å². The lowest BCUT2D eigenvalue weighted by Gasteiger charge is -2.16. The largest absolute Gasteiger partial charge is 0.497 e. The molecule has 1 N–H and O–H groups in total. The highest BCUT2D eigenvalue weighted by molar-refractivity contribution is 6.24. The number of benzene rings is 3. The summed E-state index contributed by atoms with van der Waals surface area (Å²) in [6.07, 6.45) is 1.85. The molecule has 3 nitrogen and oxygen atoms in total. The molecule has 0 spiro atoms. The molecule has 0 saturated heterocycles. The number of hydrogen-bond acceptors (Lipinski definition) is 2. The second kappa shape index (κ2) is 9.00. The zero-order valence-electron chi connectivity index (χ0n) is 15.9. The van der Waals surface area contributed by atoms with E-state index >= 15 is 0 Å². The first-order valence-electron chi connectivity index (χ1n) is 9.04. The SMILES string of the molecule is COc1ccc(/C=C(/C(=O)NC(C)c2ccc(F)cc2)c2ccccc2)cc1. The van der Waals surface area contributed by atoms with Crippen LogP contribution in [0, 0.1) is 5.82 Å². The lowest BCUT2D eigenvalue weighted by molar-refractivity contribution is -0.116. The van der Waals surface area contributed by atoms with Gasteiger partial charge in [-0.05, 0) is 54.0 Å². The van der Waals surface area contributed by atoms with Gasteiger partial charge in [0.05, 0.1) is 13.2 Å². The number of carbonyl (C=O) groups excluding carboxylic acids is 1. The van der Waals surface area contributed by atoms with Crippen LogP contribution in [0.2, 0.25) is 0 Å². The summed E-state index contributed by atoms with van der Waals surface area (Å²) in [6, 6.07) is 22.9. The van der Waals surface area contributed by atoms with E-state index in [2.05, 4.69) is 5.32 Å².